The van der Waals surface area contributed by atoms with Gasteiger partial charge in [-0.2, -0.15) is 5.10 Å². The van der Waals surface area contributed by atoms with E-state index in [1.165, 1.54) is 18.5 Å². The third kappa shape index (κ3) is 2.08. The number of piperidine rings is 1. The van der Waals surface area contributed by atoms with Crippen LogP contribution < -0.4 is 5.73 Å². The quantitative estimate of drug-likeness (QED) is 0.861. The minimum absolute atomic E-state index is 0.542. The molecule has 0 saturated carbocycles. The van der Waals surface area contributed by atoms with Crippen molar-refractivity contribution >= 4 is 5.82 Å². The highest BCUT2D eigenvalue weighted by Crippen LogP contribution is 2.29. The van der Waals surface area contributed by atoms with E-state index in [-0.39, 0.29) is 0 Å². The number of aromatic nitrogens is 2. The van der Waals surface area contributed by atoms with E-state index < -0.39 is 0 Å². The third-order valence-electron chi connectivity index (χ3n) is 3.98. The number of rotatable bonds is 2. The van der Waals surface area contributed by atoms with E-state index in [9.17, 15) is 0 Å². The smallest absolute Gasteiger partial charge is 0.145 e. The Kier molecular flexibility index (Phi) is 2.96. The highest BCUT2D eigenvalue weighted by atomic mass is 15.3. The topological polar surface area (TPSA) is 47.1 Å². The Balaban J connectivity index is 1.77. The zero-order valence-electron chi connectivity index (χ0n) is 10.8. The summed E-state index contributed by atoms with van der Waals surface area (Å²) in [5.41, 5.74) is 6.93. The third-order valence-corrected chi connectivity index (χ3v) is 3.98. The van der Waals surface area contributed by atoms with Crippen molar-refractivity contribution < 1.29 is 0 Å². The van der Waals surface area contributed by atoms with Crippen LogP contribution in [0, 0.1) is 5.92 Å². The van der Waals surface area contributed by atoms with Crippen molar-refractivity contribution in [1.29, 1.82) is 0 Å². The molecule has 1 aliphatic carbocycles. The molecular formula is C14H20N4. The Morgan fingerprint density at radius 1 is 1.39 bits per heavy atom. The second-order valence-corrected chi connectivity index (χ2v) is 5.22. The lowest BCUT2D eigenvalue weighted by Gasteiger charge is -2.39. The van der Waals surface area contributed by atoms with Crippen LogP contribution in [0.2, 0.25) is 0 Å². The molecule has 96 valence electrons. The maximum atomic E-state index is 5.74. The molecule has 1 saturated heterocycles. The van der Waals surface area contributed by atoms with Crippen LogP contribution in [0.3, 0.4) is 0 Å². The molecule has 18 heavy (non-hydrogen) atoms. The van der Waals surface area contributed by atoms with Gasteiger partial charge in [0, 0.05) is 25.7 Å². The summed E-state index contributed by atoms with van der Waals surface area (Å²) in [6, 6.07) is 2.52. The number of aryl methyl sites for hydroxylation is 1. The molecule has 4 heteroatoms. The van der Waals surface area contributed by atoms with Crippen molar-refractivity contribution in [3.63, 3.8) is 0 Å². The maximum absolute atomic E-state index is 5.74. The van der Waals surface area contributed by atoms with Gasteiger partial charge in [-0.05, 0) is 25.3 Å². The summed E-state index contributed by atoms with van der Waals surface area (Å²) in [5.74, 6) is 1.29. The first-order valence-corrected chi connectivity index (χ1v) is 6.61. The van der Waals surface area contributed by atoms with Crippen molar-refractivity contribution in [1.82, 2.24) is 14.7 Å². The largest absolute Gasteiger partial charge is 0.382 e. The molecule has 2 N–H and O–H groups in total. The SMILES string of the molecule is Cn1nc(N)cc1CN1CCCC2C=CC=CC21. The number of fused-ring (bicyclic) bond motifs is 1. The van der Waals surface area contributed by atoms with Gasteiger partial charge in [-0.25, -0.2) is 0 Å². The van der Waals surface area contributed by atoms with Gasteiger partial charge in [-0.15, -0.1) is 0 Å². The fourth-order valence-corrected chi connectivity index (χ4v) is 3.05. The number of nitrogen functional groups attached to an aromatic ring is 1. The standard InChI is InChI=1S/C14H20N4/c1-17-12(9-14(15)16-17)10-18-8-4-6-11-5-2-3-7-13(11)18/h2-3,5,7,9,11,13H,4,6,8,10H2,1H3,(H2,15,16). The Morgan fingerprint density at radius 3 is 3.00 bits per heavy atom. The van der Waals surface area contributed by atoms with Crippen LogP contribution in [0.15, 0.2) is 30.4 Å². The molecule has 0 bridgehead atoms. The minimum atomic E-state index is 0.542. The molecule has 1 aromatic heterocycles. The van der Waals surface area contributed by atoms with E-state index in [4.69, 9.17) is 5.73 Å². The first-order chi connectivity index (χ1) is 8.74. The summed E-state index contributed by atoms with van der Waals surface area (Å²) in [4.78, 5) is 2.53. The molecule has 2 unspecified atom stereocenters. The lowest BCUT2D eigenvalue weighted by atomic mass is 9.86. The fraction of sp³-hybridized carbons (Fsp3) is 0.500. The second kappa shape index (κ2) is 4.61. The number of allylic oxidation sites excluding steroid dienone is 2. The summed E-state index contributed by atoms with van der Waals surface area (Å²) in [6.45, 7) is 2.09. The van der Waals surface area contributed by atoms with E-state index in [0.29, 0.717) is 17.8 Å². The number of nitrogens with two attached hydrogens (primary N) is 1. The van der Waals surface area contributed by atoms with Crippen LogP contribution in [0.5, 0.6) is 0 Å². The molecule has 3 rings (SSSR count). The lowest BCUT2D eigenvalue weighted by molar-refractivity contribution is 0.134. The van der Waals surface area contributed by atoms with Crippen molar-refractivity contribution in [2.24, 2.45) is 13.0 Å². The Bertz CT molecular complexity index is 486. The molecule has 0 amide bonds. The summed E-state index contributed by atoms with van der Waals surface area (Å²) in [5, 5.41) is 4.22. The Hall–Kier alpha value is -1.55. The van der Waals surface area contributed by atoms with Gasteiger partial charge in [0.15, 0.2) is 0 Å². The summed E-state index contributed by atoms with van der Waals surface area (Å²) >= 11 is 0. The monoisotopic (exact) mass is 244 g/mol. The van der Waals surface area contributed by atoms with Crippen molar-refractivity contribution in [2.45, 2.75) is 25.4 Å². The van der Waals surface area contributed by atoms with Crippen molar-refractivity contribution in [3.05, 3.63) is 36.1 Å². The zero-order valence-corrected chi connectivity index (χ0v) is 10.8. The number of nitrogens with zero attached hydrogens (tertiary/aromatic N) is 3. The fourth-order valence-electron chi connectivity index (χ4n) is 3.05. The van der Waals surface area contributed by atoms with Gasteiger partial charge in [0.05, 0.1) is 5.69 Å². The van der Waals surface area contributed by atoms with E-state index in [2.05, 4.69) is 34.3 Å². The van der Waals surface area contributed by atoms with Crippen LogP contribution in [-0.4, -0.2) is 27.3 Å². The number of likely N-dealkylation sites (tertiary alicyclic amines) is 1. The van der Waals surface area contributed by atoms with Gasteiger partial charge >= 0.3 is 0 Å². The summed E-state index contributed by atoms with van der Waals surface area (Å²) in [7, 11) is 1.96. The average molecular weight is 244 g/mol. The highest BCUT2D eigenvalue weighted by Gasteiger charge is 2.29. The summed E-state index contributed by atoms with van der Waals surface area (Å²) < 4.78 is 1.89. The van der Waals surface area contributed by atoms with Crippen molar-refractivity contribution in [3.8, 4) is 0 Å². The molecular weight excluding hydrogens is 224 g/mol. The minimum Gasteiger partial charge on any atom is -0.382 e. The molecule has 0 aromatic carbocycles. The maximum Gasteiger partial charge on any atom is 0.145 e. The van der Waals surface area contributed by atoms with Crippen LogP contribution in [0.1, 0.15) is 18.5 Å². The molecule has 1 fully saturated rings. The first-order valence-electron chi connectivity index (χ1n) is 6.61. The normalized spacial score (nSPS) is 27.4. The Labute approximate surface area is 108 Å². The predicted octanol–water partition coefficient (Wildman–Crippen LogP) is 1.71. The zero-order chi connectivity index (χ0) is 12.5. The molecule has 0 radical (unpaired) electrons. The molecule has 2 atom stereocenters. The predicted molar refractivity (Wildman–Crippen MR) is 72.8 cm³/mol. The van der Waals surface area contributed by atoms with Gasteiger partial charge in [-0.3, -0.25) is 9.58 Å². The number of anilines is 1. The lowest BCUT2D eigenvalue weighted by Crippen LogP contribution is -2.43. The second-order valence-electron chi connectivity index (χ2n) is 5.22. The number of hydrogen-bond acceptors (Lipinski definition) is 3. The van der Waals surface area contributed by atoms with E-state index in [1.807, 2.05) is 17.8 Å². The Morgan fingerprint density at radius 2 is 2.22 bits per heavy atom. The van der Waals surface area contributed by atoms with Gasteiger partial charge in [0.2, 0.25) is 0 Å². The van der Waals surface area contributed by atoms with Crippen LogP contribution >= 0.6 is 0 Å². The highest BCUT2D eigenvalue weighted by molar-refractivity contribution is 5.29. The van der Waals surface area contributed by atoms with Gasteiger partial charge in [0.1, 0.15) is 5.82 Å². The van der Waals surface area contributed by atoms with Gasteiger partial charge in [-0.1, -0.05) is 24.3 Å². The molecule has 2 heterocycles. The molecule has 2 aliphatic rings. The van der Waals surface area contributed by atoms with Gasteiger partial charge < -0.3 is 5.73 Å². The molecule has 1 aliphatic heterocycles. The van der Waals surface area contributed by atoms with Crippen LogP contribution in [-0.2, 0) is 13.6 Å². The van der Waals surface area contributed by atoms with Crippen LogP contribution in [0.4, 0.5) is 5.82 Å². The molecule has 1 aromatic rings. The van der Waals surface area contributed by atoms with Crippen LogP contribution in [0.25, 0.3) is 0 Å². The summed E-state index contributed by atoms with van der Waals surface area (Å²) in [6.07, 6.45) is 11.6. The van der Waals surface area contributed by atoms with Crippen molar-refractivity contribution in [2.75, 3.05) is 12.3 Å². The molecule has 0 spiro atoms. The molecule has 4 nitrogen and oxygen atoms in total. The average Bonchev–Trinajstić information content (AvgIpc) is 2.68. The van der Waals surface area contributed by atoms with E-state index in [0.717, 1.165) is 13.1 Å². The van der Waals surface area contributed by atoms with E-state index in [1.54, 1.807) is 0 Å². The van der Waals surface area contributed by atoms with Gasteiger partial charge in [0.25, 0.3) is 0 Å². The first kappa shape index (κ1) is 11.5. The number of hydrogen-bond donors (Lipinski definition) is 1. The van der Waals surface area contributed by atoms with E-state index >= 15 is 0 Å².